The van der Waals surface area contributed by atoms with Crippen LogP contribution in [0.2, 0.25) is 0 Å². The smallest absolute Gasteiger partial charge is 0.226 e. The molecule has 0 aliphatic carbocycles. The van der Waals surface area contributed by atoms with Gasteiger partial charge in [0.25, 0.3) is 0 Å². The van der Waals surface area contributed by atoms with Gasteiger partial charge in [0, 0.05) is 18.5 Å². The second-order valence-electron chi connectivity index (χ2n) is 7.03. The third kappa shape index (κ3) is 5.89. The van der Waals surface area contributed by atoms with Crippen LogP contribution >= 0.6 is 11.3 Å². The predicted molar refractivity (Wildman–Crippen MR) is 118 cm³/mol. The average molecular weight is 410 g/mol. The lowest BCUT2D eigenvalue weighted by molar-refractivity contribution is -0.120. The van der Waals surface area contributed by atoms with Crippen LogP contribution in [0.25, 0.3) is 10.6 Å². The fraction of sp³-hybridized carbons (Fsp3) is 0.304. The molecule has 0 aliphatic heterocycles. The number of benzene rings is 2. The summed E-state index contributed by atoms with van der Waals surface area (Å²) in [6.07, 6.45) is 0.267. The summed E-state index contributed by atoms with van der Waals surface area (Å²) in [5.74, 6) is 0.789. The standard InChI is InChI=1S/C23H27N3O2S/c1-4-28-21-12-8-7-11-20(21)23-25-19(16-29-23)13-22(27)24-14-17-9-5-6-10-18(17)15-26(2)3/h5-12,16H,4,13-15H2,1-3H3,(H,24,27). The zero-order valence-electron chi connectivity index (χ0n) is 17.1. The number of ether oxygens (including phenoxy) is 1. The molecule has 0 bridgehead atoms. The van der Waals surface area contributed by atoms with Gasteiger partial charge in [-0.3, -0.25) is 4.79 Å². The van der Waals surface area contributed by atoms with Gasteiger partial charge >= 0.3 is 0 Å². The van der Waals surface area contributed by atoms with Crippen molar-refractivity contribution in [1.29, 1.82) is 0 Å². The first-order chi connectivity index (χ1) is 14.1. The zero-order chi connectivity index (χ0) is 20.6. The molecule has 6 heteroatoms. The van der Waals surface area contributed by atoms with E-state index in [1.165, 1.54) is 16.9 Å². The van der Waals surface area contributed by atoms with Crippen LogP contribution in [-0.4, -0.2) is 36.5 Å². The molecule has 0 fully saturated rings. The second kappa shape index (κ2) is 10.2. The molecule has 0 spiro atoms. The minimum Gasteiger partial charge on any atom is -0.493 e. The Morgan fingerprint density at radius 1 is 1.10 bits per heavy atom. The molecule has 152 valence electrons. The number of rotatable bonds is 9. The van der Waals surface area contributed by atoms with E-state index in [-0.39, 0.29) is 12.3 Å². The minimum absolute atomic E-state index is 0.0281. The maximum atomic E-state index is 12.5. The van der Waals surface area contributed by atoms with E-state index in [2.05, 4.69) is 27.3 Å². The number of thiazole rings is 1. The molecule has 1 aromatic heterocycles. The molecule has 0 aliphatic rings. The highest BCUT2D eigenvalue weighted by Crippen LogP contribution is 2.32. The normalized spacial score (nSPS) is 10.9. The Morgan fingerprint density at radius 3 is 2.59 bits per heavy atom. The van der Waals surface area contributed by atoms with Gasteiger partial charge in [-0.25, -0.2) is 4.98 Å². The number of hydrogen-bond acceptors (Lipinski definition) is 5. The van der Waals surface area contributed by atoms with Gasteiger partial charge in [0.05, 0.1) is 24.3 Å². The van der Waals surface area contributed by atoms with E-state index >= 15 is 0 Å². The Morgan fingerprint density at radius 2 is 1.83 bits per heavy atom. The van der Waals surface area contributed by atoms with Gasteiger partial charge < -0.3 is 15.0 Å². The molecular weight excluding hydrogens is 382 g/mol. The molecule has 5 nitrogen and oxygen atoms in total. The van der Waals surface area contributed by atoms with Crippen molar-refractivity contribution in [3.8, 4) is 16.3 Å². The second-order valence-corrected chi connectivity index (χ2v) is 7.89. The van der Waals surface area contributed by atoms with Crippen molar-refractivity contribution < 1.29 is 9.53 Å². The highest BCUT2D eigenvalue weighted by atomic mass is 32.1. The summed E-state index contributed by atoms with van der Waals surface area (Å²) < 4.78 is 5.69. The van der Waals surface area contributed by atoms with Gasteiger partial charge in [-0.15, -0.1) is 11.3 Å². The monoisotopic (exact) mass is 409 g/mol. The number of carbonyl (C=O) groups is 1. The molecular formula is C23H27N3O2S. The van der Waals surface area contributed by atoms with Crippen LogP contribution in [0.5, 0.6) is 5.75 Å². The van der Waals surface area contributed by atoms with Gasteiger partial charge in [0.2, 0.25) is 5.91 Å². The first-order valence-electron chi connectivity index (χ1n) is 9.71. The zero-order valence-corrected chi connectivity index (χ0v) is 18.0. The molecule has 3 aromatic rings. The molecule has 0 saturated heterocycles. The van der Waals surface area contributed by atoms with Gasteiger partial charge in [0.15, 0.2) is 0 Å². The lowest BCUT2D eigenvalue weighted by Crippen LogP contribution is -2.25. The van der Waals surface area contributed by atoms with Crippen molar-refractivity contribution in [3.05, 3.63) is 70.7 Å². The lowest BCUT2D eigenvalue weighted by atomic mass is 10.1. The van der Waals surface area contributed by atoms with Gasteiger partial charge in [-0.2, -0.15) is 0 Å². The molecule has 29 heavy (non-hydrogen) atoms. The van der Waals surface area contributed by atoms with Crippen LogP contribution in [0.1, 0.15) is 23.7 Å². The minimum atomic E-state index is -0.0281. The number of aromatic nitrogens is 1. The highest BCUT2D eigenvalue weighted by molar-refractivity contribution is 7.13. The van der Waals surface area contributed by atoms with Crippen molar-refractivity contribution in [2.45, 2.75) is 26.4 Å². The molecule has 0 atom stereocenters. The number of hydrogen-bond donors (Lipinski definition) is 1. The number of para-hydroxylation sites is 1. The Balaban J connectivity index is 1.62. The molecule has 0 unspecified atom stereocenters. The van der Waals surface area contributed by atoms with Crippen LogP contribution in [0.3, 0.4) is 0 Å². The van der Waals surface area contributed by atoms with E-state index in [1.54, 1.807) is 0 Å². The summed E-state index contributed by atoms with van der Waals surface area (Å²) in [5.41, 5.74) is 4.10. The first-order valence-corrected chi connectivity index (χ1v) is 10.6. The molecule has 3 rings (SSSR count). The predicted octanol–water partition coefficient (Wildman–Crippen LogP) is 4.13. The molecule has 0 saturated carbocycles. The summed E-state index contributed by atoms with van der Waals surface area (Å²) in [7, 11) is 4.08. The van der Waals surface area contributed by atoms with Crippen molar-refractivity contribution in [1.82, 2.24) is 15.2 Å². The first kappa shape index (κ1) is 21.0. The average Bonchev–Trinajstić information content (AvgIpc) is 3.16. The van der Waals surface area contributed by atoms with Gasteiger partial charge in [-0.05, 0) is 44.3 Å². The SMILES string of the molecule is CCOc1ccccc1-c1nc(CC(=O)NCc2ccccc2CN(C)C)cs1. The van der Waals surface area contributed by atoms with E-state index in [0.717, 1.165) is 34.1 Å². The van der Waals surface area contributed by atoms with E-state index in [0.29, 0.717) is 13.2 Å². The van der Waals surface area contributed by atoms with Gasteiger partial charge in [0.1, 0.15) is 10.8 Å². The maximum absolute atomic E-state index is 12.5. The third-order valence-electron chi connectivity index (χ3n) is 4.39. The number of nitrogens with one attached hydrogen (secondary N) is 1. The Labute approximate surface area is 176 Å². The molecule has 2 aromatic carbocycles. The molecule has 0 radical (unpaired) electrons. The highest BCUT2D eigenvalue weighted by Gasteiger charge is 2.13. The van der Waals surface area contributed by atoms with Crippen LogP contribution in [0.15, 0.2) is 53.9 Å². The summed E-state index contributed by atoms with van der Waals surface area (Å²) >= 11 is 1.53. The summed E-state index contributed by atoms with van der Waals surface area (Å²) in [6, 6.07) is 16.0. The summed E-state index contributed by atoms with van der Waals surface area (Å²) in [4.78, 5) is 19.2. The Hall–Kier alpha value is -2.70. The van der Waals surface area contributed by atoms with Crippen LogP contribution < -0.4 is 10.1 Å². The Kier molecular flexibility index (Phi) is 7.38. The Bertz CT molecular complexity index is 953. The lowest BCUT2D eigenvalue weighted by Gasteiger charge is -2.14. The molecule has 1 heterocycles. The van der Waals surface area contributed by atoms with E-state index in [4.69, 9.17) is 4.74 Å². The quantitative estimate of drug-likeness (QED) is 0.577. The molecule has 1 amide bonds. The third-order valence-corrected chi connectivity index (χ3v) is 5.32. The van der Waals surface area contributed by atoms with Crippen LogP contribution in [-0.2, 0) is 24.3 Å². The maximum Gasteiger partial charge on any atom is 0.226 e. The van der Waals surface area contributed by atoms with Crippen molar-refractivity contribution in [2.75, 3.05) is 20.7 Å². The van der Waals surface area contributed by atoms with Crippen molar-refractivity contribution >= 4 is 17.2 Å². The number of carbonyl (C=O) groups excluding carboxylic acids is 1. The largest absolute Gasteiger partial charge is 0.493 e. The summed E-state index contributed by atoms with van der Waals surface area (Å²) in [5, 5.41) is 5.84. The van der Waals surface area contributed by atoms with E-state index in [1.807, 2.05) is 62.8 Å². The number of amides is 1. The van der Waals surface area contributed by atoms with Crippen molar-refractivity contribution in [3.63, 3.8) is 0 Å². The molecule has 1 N–H and O–H groups in total. The van der Waals surface area contributed by atoms with Crippen LogP contribution in [0.4, 0.5) is 0 Å². The number of nitrogens with zero attached hydrogens (tertiary/aromatic N) is 2. The van der Waals surface area contributed by atoms with Gasteiger partial charge in [-0.1, -0.05) is 36.4 Å². The topological polar surface area (TPSA) is 54.5 Å². The fourth-order valence-electron chi connectivity index (χ4n) is 3.08. The van der Waals surface area contributed by atoms with Crippen molar-refractivity contribution in [2.24, 2.45) is 0 Å². The van der Waals surface area contributed by atoms with E-state index < -0.39 is 0 Å². The summed E-state index contributed by atoms with van der Waals surface area (Å²) in [6.45, 7) is 3.94. The van der Waals surface area contributed by atoms with Crippen LogP contribution in [0, 0.1) is 0 Å². The fourth-order valence-corrected chi connectivity index (χ4v) is 3.93. The van der Waals surface area contributed by atoms with E-state index in [9.17, 15) is 4.79 Å².